The summed E-state index contributed by atoms with van der Waals surface area (Å²) in [6, 6.07) is 0. The summed E-state index contributed by atoms with van der Waals surface area (Å²) in [5.41, 5.74) is 0. The van der Waals surface area contributed by atoms with E-state index in [0.717, 1.165) is 0 Å². The fourth-order valence-electron chi connectivity index (χ4n) is 1.18. The van der Waals surface area contributed by atoms with Gasteiger partial charge in [0.1, 0.15) is 0 Å². The summed E-state index contributed by atoms with van der Waals surface area (Å²) in [5.74, 6) is -1.36. The van der Waals surface area contributed by atoms with Crippen LogP contribution in [0.2, 0.25) is 0 Å². The smallest absolute Gasteiger partial charge is 0.305 e. The highest BCUT2D eigenvalue weighted by Gasteiger charge is 2.04. The van der Waals surface area contributed by atoms with Crippen LogP contribution in [0.5, 0.6) is 0 Å². The maximum Gasteiger partial charge on any atom is 0.305 e. The van der Waals surface area contributed by atoms with Gasteiger partial charge in [-0.3, -0.25) is 14.4 Å². The van der Waals surface area contributed by atoms with Gasteiger partial charge in [-0.15, -0.1) is 0 Å². The lowest BCUT2D eigenvalue weighted by atomic mass is 10.2. The number of hydrogen-bond donors (Lipinski definition) is 2. The molecule has 0 aromatic rings. The molecule has 0 aliphatic rings. The standard InChI is InChI=1S/C11H19NO5/c1-2-17-11(16)7-4-8-12-9(13)5-3-6-10(14)15/h2-8H2,1H3,(H,12,13)(H,14,15). The highest BCUT2D eigenvalue weighted by Crippen LogP contribution is 1.96. The summed E-state index contributed by atoms with van der Waals surface area (Å²) >= 11 is 0. The molecule has 6 heteroatoms. The molecule has 0 heterocycles. The molecule has 2 N–H and O–H groups in total. The Hall–Kier alpha value is -1.59. The number of carbonyl (C=O) groups excluding carboxylic acids is 2. The Kier molecular flexibility index (Phi) is 8.72. The first-order chi connectivity index (χ1) is 8.06. The van der Waals surface area contributed by atoms with E-state index in [9.17, 15) is 14.4 Å². The summed E-state index contributed by atoms with van der Waals surface area (Å²) < 4.78 is 4.72. The van der Waals surface area contributed by atoms with Crippen LogP contribution in [0.1, 0.15) is 39.0 Å². The van der Waals surface area contributed by atoms with Crippen LogP contribution in [0.15, 0.2) is 0 Å². The highest BCUT2D eigenvalue weighted by atomic mass is 16.5. The molecule has 0 saturated carbocycles. The lowest BCUT2D eigenvalue weighted by Gasteiger charge is -2.04. The molecule has 0 spiro atoms. The Morgan fingerprint density at radius 3 is 2.41 bits per heavy atom. The number of carbonyl (C=O) groups is 3. The number of amides is 1. The molecule has 0 bridgehead atoms. The Labute approximate surface area is 100 Å². The van der Waals surface area contributed by atoms with Gasteiger partial charge in [-0.05, 0) is 19.8 Å². The monoisotopic (exact) mass is 245 g/mol. The third-order valence-corrected chi connectivity index (χ3v) is 1.98. The first kappa shape index (κ1) is 15.4. The predicted molar refractivity (Wildman–Crippen MR) is 60.4 cm³/mol. The molecule has 0 atom stereocenters. The molecule has 0 aromatic carbocycles. The molecule has 98 valence electrons. The van der Waals surface area contributed by atoms with E-state index in [4.69, 9.17) is 9.84 Å². The average molecular weight is 245 g/mol. The van der Waals surface area contributed by atoms with E-state index in [1.807, 2.05) is 0 Å². The first-order valence-corrected chi connectivity index (χ1v) is 5.70. The minimum Gasteiger partial charge on any atom is -0.481 e. The van der Waals surface area contributed by atoms with Gasteiger partial charge in [0.05, 0.1) is 6.61 Å². The van der Waals surface area contributed by atoms with Crippen molar-refractivity contribution in [2.45, 2.75) is 39.0 Å². The summed E-state index contributed by atoms with van der Waals surface area (Å²) in [6.45, 7) is 2.51. The molecule has 0 fully saturated rings. The lowest BCUT2D eigenvalue weighted by molar-refractivity contribution is -0.143. The van der Waals surface area contributed by atoms with Crippen LogP contribution >= 0.6 is 0 Å². The molecule has 0 aromatic heterocycles. The minimum absolute atomic E-state index is 0.00372. The number of carboxylic acids is 1. The van der Waals surface area contributed by atoms with Gasteiger partial charge in [-0.2, -0.15) is 0 Å². The van der Waals surface area contributed by atoms with Gasteiger partial charge in [0, 0.05) is 25.8 Å². The predicted octanol–water partition coefficient (Wildman–Crippen LogP) is 0.701. The SMILES string of the molecule is CCOC(=O)CCCNC(=O)CCCC(=O)O. The molecule has 0 unspecified atom stereocenters. The molecule has 17 heavy (non-hydrogen) atoms. The van der Waals surface area contributed by atoms with Crippen LogP contribution in [0.4, 0.5) is 0 Å². The second kappa shape index (κ2) is 9.62. The molecular weight excluding hydrogens is 226 g/mol. The number of carboxylic acid groups (broad SMARTS) is 1. The molecule has 0 radical (unpaired) electrons. The van der Waals surface area contributed by atoms with Gasteiger partial charge >= 0.3 is 11.9 Å². The van der Waals surface area contributed by atoms with Crippen molar-refractivity contribution in [3.63, 3.8) is 0 Å². The van der Waals surface area contributed by atoms with E-state index < -0.39 is 5.97 Å². The third kappa shape index (κ3) is 10.7. The minimum atomic E-state index is -0.903. The zero-order chi connectivity index (χ0) is 13.1. The Morgan fingerprint density at radius 1 is 1.12 bits per heavy atom. The van der Waals surface area contributed by atoms with Crippen LogP contribution in [0.3, 0.4) is 0 Å². The number of esters is 1. The van der Waals surface area contributed by atoms with Crippen molar-refractivity contribution in [3.8, 4) is 0 Å². The van der Waals surface area contributed by atoms with Crippen molar-refractivity contribution in [2.75, 3.05) is 13.2 Å². The van der Waals surface area contributed by atoms with Crippen molar-refractivity contribution >= 4 is 17.8 Å². The fraction of sp³-hybridized carbons (Fsp3) is 0.727. The van der Waals surface area contributed by atoms with E-state index in [1.165, 1.54) is 0 Å². The lowest BCUT2D eigenvalue weighted by Crippen LogP contribution is -2.24. The molecule has 0 aliphatic heterocycles. The van der Waals surface area contributed by atoms with Crippen molar-refractivity contribution in [3.05, 3.63) is 0 Å². The fourth-order valence-corrected chi connectivity index (χ4v) is 1.18. The Balaban J connectivity index is 3.39. The first-order valence-electron chi connectivity index (χ1n) is 5.70. The second-order valence-corrected chi connectivity index (χ2v) is 3.51. The largest absolute Gasteiger partial charge is 0.481 e. The number of rotatable bonds is 9. The van der Waals surface area contributed by atoms with Crippen LogP contribution in [-0.4, -0.2) is 36.1 Å². The number of hydrogen-bond acceptors (Lipinski definition) is 4. The van der Waals surface area contributed by atoms with Crippen LogP contribution in [-0.2, 0) is 19.1 Å². The number of nitrogens with one attached hydrogen (secondary N) is 1. The quantitative estimate of drug-likeness (QED) is 0.461. The molecular formula is C11H19NO5. The van der Waals surface area contributed by atoms with E-state index >= 15 is 0 Å². The second-order valence-electron chi connectivity index (χ2n) is 3.51. The maximum absolute atomic E-state index is 11.2. The van der Waals surface area contributed by atoms with Gasteiger partial charge in [0.25, 0.3) is 0 Å². The van der Waals surface area contributed by atoms with E-state index in [0.29, 0.717) is 26.0 Å². The van der Waals surface area contributed by atoms with Gasteiger partial charge < -0.3 is 15.2 Å². The van der Waals surface area contributed by atoms with E-state index in [2.05, 4.69) is 5.32 Å². The van der Waals surface area contributed by atoms with Crippen molar-refractivity contribution in [1.29, 1.82) is 0 Å². The van der Waals surface area contributed by atoms with Crippen LogP contribution in [0, 0.1) is 0 Å². The van der Waals surface area contributed by atoms with Crippen molar-refractivity contribution in [2.24, 2.45) is 0 Å². The van der Waals surface area contributed by atoms with Crippen molar-refractivity contribution in [1.82, 2.24) is 5.32 Å². The van der Waals surface area contributed by atoms with Gasteiger partial charge in [-0.25, -0.2) is 0 Å². The van der Waals surface area contributed by atoms with Crippen LogP contribution < -0.4 is 5.32 Å². The van der Waals surface area contributed by atoms with Crippen molar-refractivity contribution < 1.29 is 24.2 Å². The maximum atomic E-state index is 11.2. The summed E-state index contributed by atoms with van der Waals surface area (Å²) in [4.78, 5) is 32.3. The molecule has 0 rings (SSSR count). The normalized spacial score (nSPS) is 9.71. The Morgan fingerprint density at radius 2 is 1.82 bits per heavy atom. The van der Waals surface area contributed by atoms with Gasteiger partial charge in [0.2, 0.25) is 5.91 Å². The van der Waals surface area contributed by atoms with Crippen LogP contribution in [0.25, 0.3) is 0 Å². The number of ether oxygens (including phenoxy) is 1. The van der Waals surface area contributed by atoms with E-state index in [1.54, 1.807) is 6.92 Å². The summed E-state index contributed by atoms with van der Waals surface area (Å²) in [6.07, 6.45) is 1.34. The van der Waals surface area contributed by atoms with Gasteiger partial charge in [0.15, 0.2) is 0 Å². The zero-order valence-electron chi connectivity index (χ0n) is 10.0. The molecule has 6 nitrogen and oxygen atoms in total. The summed E-state index contributed by atoms with van der Waals surface area (Å²) in [7, 11) is 0. The Bertz CT molecular complexity index is 265. The topological polar surface area (TPSA) is 92.7 Å². The molecule has 0 saturated heterocycles. The molecule has 0 aliphatic carbocycles. The zero-order valence-corrected chi connectivity index (χ0v) is 10.0. The highest BCUT2D eigenvalue weighted by molar-refractivity contribution is 5.76. The van der Waals surface area contributed by atoms with Gasteiger partial charge in [-0.1, -0.05) is 0 Å². The summed E-state index contributed by atoms with van der Waals surface area (Å²) in [5, 5.41) is 11.0. The average Bonchev–Trinajstić information content (AvgIpc) is 2.24. The third-order valence-electron chi connectivity index (χ3n) is 1.98. The number of aliphatic carboxylic acids is 1. The van der Waals surface area contributed by atoms with E-state index in [-0.39, 0.29) is 31.1 Å². The molecule has 1 amide bonds.